The maximum atomic E-state index is 9.62. The van der Waals surface area contributed by atoms with Crippen LogP contribution in [0.4, 0.5) is 0 Å². The zero-order chi connectivity index (χ0) is 17.3. The lowest BCUT2D eigenvalue weighted by Crippen LogP contribution is -2.11. The second-order valence-electron chi connectivity index (χ2n) is 6.38. The number of ether oxygens (including phenoxy) is 1. The number of aromatic nitrogens is 2. The highest BCUT2D eigenvalue weighted by Crippen LogP contribution is 2.22. The molecule has 0 bridgehead atoms. The van der Waals surface area contributed by atoms with Crippen LogP contribution in [-0.4, -0.2) is 21.3 Å². The zero-order valence-corrected chi connectivity index (χ0v) is 14.8. The summed E-state index contributed by atoms with van der Waals surface area (Å²) >= 11 is 0. The smallest absolute Gasteiger partial charge is 0.135 e. The highest BCUT2D eigenvalue weighted by Gasteiger charge is 2.11. The Balaban J connectivity index is 1.82. The van der Waals surface area contributed by atoms with Gasteiger partial charge in [0, 0.05) is 0 Å². The third-order valence-corrected chi connectivity index (χ3v) is 4.49. The van der Waals surface area contributed by atoms with Crippen molar-refractivity contribution in [3.05, 3.63) is 58.4 Å². The lowest BCUT2D eigenvalue weighted by atomic mass is 10.1. The van der Waals surface area contributed by atoms with Gasteiger partial charge in [-0.3, -0.25) is 0 Å². The fourth-order valence-electron chi connectivity index (χ4n) is 3.01. The fraction of sp³-hybridized carbons (Fsp3) is 0.350. The van der Waals surface area contributed by atoms with Crippen LogP contribution in [0.1, 0.15) is 28.1 Å². The van der Waals surface area contributed by atoms with E-state index in [4.69, 9.17) is 4.74 Å². The van der Waals surface area contributed by atoms with Gasteiger partial charge in [0.2, 0.25) is 0 Å². The average Bonchev–Trinajstić information content (AvgIpc) is 2.87. The molecule has 1 heterocycles. The Morgan fingerprint density at radius 2 is 1.75 bits per heavy atom. The number of aliphatic hydroxyl groups is 1. The molecule has 0 saturated heterocycles. The van der Waals surface area contributed by atoms with Crippen LogP contribution >= 0.6 is 0 Å². The van der Waals surface area contributed by atoms with E-state index in [9.17, 15) is 5.11 Å². The third kappa shape index (κ3) is 3.15. The molecule has 0 atom stereocenters. The lowest BCUT2D eigenvalue weighted by Gasteiger charge is -2.12. The second kappa shape index (κ2) is 6.65. The van der Waals surface area contributed by atoms with Gasteiger partial charge in [-0.1, -0.05) is 17.7 Å². The van der Waals surface area contributed by atoms with Crippen molar-refractivity contribution in [2.45, 2.75) is 40.8 Å². The van der Waals surface area contributed by atoms with Crippen molar-refractivity contribution >= 4 is 11.0 Å². The van der Waals surface area contributed by atoms with E-state index in [-0.39, 0.29) is 6.61 Å². The summed E-state index contributed by atoms with van der Waals surface area (Å²) in [6.45, 7) is 9.42. The number of hydrogen-bond acceptors (Lipinski definition) is 3. The van der Waals surface area contributed by atoms with Crippen molar-refractivity contribution < 1.29 is 9.84 Å². The van der Waals surface area contributed by atoms with Gasteiger partial charge in [0.05, 0.1) is 17.6 Å². The summed E-state index contributed by atoms with van der Waals surface area (Å²) in [7, 11) is 0. The van der Waals surface area contributed by atoms with E-state index in [1.54, 1.807) is 0 Å². The molecule has 0 aliphatic carbocycles. The largest absolute Gasteiger partial charge is 0.491 e. The molecule has 0 saturated carbocycles. The lowest BCUT2D eigenvalue weighted by molar-refractivity contribution is 0.255. The van der Waals surface area contributed by atoms with Crippen molar-refractivity contribution in [1.29, 1.82) is 0 Å². The Morgan fingerprint density at radius 1 is 1.00 bits per heavy atom. The highest BCUT2D eigenvalue weighted by atomic mass is 16.5. The number of rotatable bonds is 5. The molecule has 24 heavy (non-hydrogen) atoms. The topological polar surface area (TPSA) is 47.3 Å². The first kappa shape index (κ1) is 16.5. The average molecular weight is 324 g/mol. The van der Waals surface area contributed by atoms with Crippen LogP contribution in [0.25, 0.3) is 11.0 Å². The molecular weight excluding hydrogens is 300 g/mol. The molecule has 3 rings (SSSR count). The van der Waals surface area contributed by atoms with Crippen LogP contribution in [0.5, 0.6) is 5.75 Å². The monoisotopic (exact) mass is 324 g/mol. The first-order valence-electron chi connectivity index (χ1n) is 8.27. The predicted octanol–water partition coefficient (Wildman–Crippen LogP) is 3.84. The molecule has 1 N–H and O–H groups in total. The van der Waals surface area contributed by atoms with Crippen molar-refractivity contribution in [2.75, 3.05) is 6.61 Å². The molecule has 3 aromatic rings. The Kier molecular flexibility index (Phi) is 4.58. The summed E-state index contributed by atoms with van der Waals surface area (Å²) in [6, 6.07) is 10.4. The van der Waals surface area contributed by atoms with E-state index in [2.05, 4.69) is 56.9 Å². The minimum absolute atomic E-state index is 0.0731. The Hall–Kier alpha value is -2.33. The van der Waals surface area contributed by atoms with Crippen LogP contribution in [0, 0.1) is 27.7 Å². The number of nitrogens with zero attached hydrogens (tertiary/aromatic N) is 2. The molecule has 0 spiro atoms. The van der Waals surface area contributed by atoms with Gasteiger partial charge >= 0.3 is 0 Å². The van der Waals surface area contributed by atoms with Gasteiger partial charge in [0.1, 0.15) is 24.8 Å². The van der Waals surface area contributed by atoms with Gasteiger partial charge in [-0.2, -0.15) is 0 Å². The van der Waals surface area contributed by atoms with Gasteiger partial charge < -0.3 is 14.4 Å². The maximum absolute atomic E-state index is 9.62. The quantitative estimate of drug-likeness (QED) is 0.775. The molecule has 0 aliphatic heterocycles. The van der Waals surface area contributed by atoms with Crippen LogP contribution in [0.3, 0.4) is 0 Å². The number of fused-ring (bicyclic) bond motifs is 1. The van der Waals surface area contributed by atoms with E-state index in [1.807, 2.05) is 10.6 Å². The summed E-state index contributed by atoms with van der Waals surface area (Å²) in [5.41, 5.74) is 6.78. The number of aryl methyl sites for hydroxylation is 4. The SMILES string of the molecule is Cc1ccc(OCCn2c(CO)nc3cc(C)c(C)cc32)c(C)c1. The van der Waals surface area contributed by atoms with Gasteiger partial charge in [0.25, 0.3) is 0 Å². The van der Waals surface area contributed by atoms with E-state index in [0.29, 0.717) is 19.0 Å². The third-order valence-electron chi connectivity index (χ3n) is 4.49. The summed E-state index contributed by atoms with van der Waals surface area (Å²) in [4.78, 5) is 4.55. The predicted molar refractivity (Wildman–Crippen MR) is 96.5 cm³/mol. The minimum atomic E-state index is -0.0731. The number of aliphatic hydroxyl groups excluding tert-OH is 1. The van der Waals surface area contributed by atoms with Crippen molar-refractivity contribution in [3.63, 3.8) is 0 Å². The van der Waals surface area contributed by atoms with Crippen LogP contribution in [-0.2, 0) is 13.2 Å². The number of imidazole rings is 1. The normalized spacial score (nSPS) is 11.2. The highest BCUT2D eigenvalue weighted by molar-refractivity contribution is 5.78. The van der Waals surface area contributed by atoms with Crippen molar-refractivity contribution in [1.82, 2.24) is 9.55 Å². The van der Waals surface area contributed by atoms with E-state index in [0.717, 1.165) is 22.3 Å². The molecule has 126 valence electrons. The van der Waals surface area contributed by atoms with Crippen LogP contribution in [0.2, 0.25) is 0 Å². The molecule has 2 aromatic carbocycles. The molecule has 4 heteroatoms. The van der Waals surface area contributed by atoms with Gasteiger partial charge in [-0.15, -0.1) is 0 Å². The zero-order valence-electron chi connectivity index (χ0n) is 14.8. The minimum Gasteiger partial charge on any atom is -0.491 e. The molecule has 0 unspecified atom stereocenters. The summed E-state index contributed by atoms with van der Waals surface area (Å²) in [6.07, 6.45) is 0. The Labute approximate surface area is 142 Å². The summed E-state index contributed by atoms with van der Waals surface area (Å²) in [5, 5.41) is 9.62. The van der Waals surface area contributed by atoms with Crippen LogP contribution < -0.4 is 4.74 Å². The summed E-state index contributed by atoms with van der Waals surface area (Å²) < 4.78 is 7.98. The van der Waals surface area contributed by atoms with E-state index >= 15 is 0 Å². The van der Waals surface area contributed by atoms with E-state index in [1.165, 1.54) is 16.7 Å². The number of benzene rings is 2. The van der Waals surface area contributed by atoms with Crippen molar-refractivity contribution in [3.8, 4) is 5.75 Å². The first-order valence-corrected chi connectivity index (χ1v) is 8.27. The molecule has 4 nitrogen and oxygen atoms in total. The first-order chi connectivity index (χ1) is 11.5. The fourth-order valence-corrected chi connectivity index (χ4v) is 3.01. The molecule has 1 aromatic heterocycles. The molecule has 0 fully saturated rings. The van der Waals surface area contributed by atoms with Gasteiger partial charge in [-0.25, -0.2) is 4.98 Å². The Bertz CT molecular complexity index is 881. The van der Waals surface area contributed by atoms with Crippen LogP contribution in [0.15, 0.2) is 30.3 Å². The van der Waals surface area contributed by atoms with Crippen molar-refractivity contribution in [2.24, 2.45) is 0 Å². The van der Waals surface area contributed by atoms with Gasteiger partial charge in [-0.05, 0) is 62.6 Å². The second-order valence-corrected chi connectivity index (χ2v) is 6.38. The molecule has 0 radical (unpaired) electrons. The Morgan fingerprint density at radius 3 is 2.46 bits per heavy atom. The van der Waals surface area contributed by atoms with Gasteiger partial charge in [0.15, 0.2) is 0 Å². The standard InChI is InChI=1S/C20H24N2O2/c1-13-5-6-19(16(4)9-13)24-8-7-22-18-11-15(3)14(2)10-17(18)21-20(22)12-23/h5-6,9-11,23H,7-8,12H2,1-4H3. The molecule has 0 aliphatic rings. The molecular formula is C20H24N2O2. The summed E-state index contributed by atoms with van der Waals surface area (Å²) in [5.74, 6) is 1.59. The molecule has 0 amide bonds. The number of hydrogen-bond donors (Lipinski definition) is 1. The maximum Gasteiger partial charge on any atom is 0.135 e. The van der Waals surface area contributed by atoms with E-state index < -0.39 is 0 Å².